The number of unbranched alkanes of at least 4 members (excludes halogenated alkanes) is 1. The largest absolute Gasteiger partial charge is 0.444 e. The molecule has 3 unspecified atom stereocenters. The Morgan fingerprint density at radius 2 is 1.59 bits per heavy atom. The maximum Gasteiger partial charge on any atom is 0.408 e. The highest BCUT2D eigenvalue weighted by Crippen LogP contribution is 2.14. The molecule has 0 heterocycles. The Labute approximate surface area is 205 Å². The lowest BCUT2D eigenvalue weighted by Crippen LogP contribution is -2.54. The number of hydrogen-bond acceptors (Lipinski definition) is 6. The number of amides is 3. The number of alkyl carbamates (subject to hydrolysis) is 1. The maximum absolute atomic E-state index is 13.1. The Morgan fingerprint density at radius 3 is 2.06 bits per heavy atom. The molecule has 9 nitrogen and oxygen atoms in total. The molecule has 0 aliphatic carbocycles. The SMILES string of the molecule is CCCC[C@H](NC(=O)OC(C)(C)C)C(=O)NC(CC(C)C)C(O)CC(=O)N[C@H](CO)C(C)CC. The van der Waals surface area contributed by atoms with E-state index in [4.69, 9.17) is 4.74 Å². The van der Waals surface area contributed by atoms with Crippen LogP contribution in [0, 0.1) is 11.8 Å². The van der Waals surface area contributed by atoms with Crippen LogP contribution < -0.4 is 16.0 Å². The number of carbonyl (C=O) groups excluding carboxylic acids is 3. The molecule has 0 aromatic rings. The van der Waals surface area contributed by atoms with E-state index in [2.05, 4.69) is 16.0 Å². The van der Waals surface area contributed by atoms with Crippen molar-refractivity contribution >= 4 is 17.9 Å². The average molecular weight is 488 g/mol. The Kier molecular flexibility index (Phi) is 15.0. The molecule has 200 valence electrons. The summed E-state index contributed by atoms with van der Waals surface area (Å²) in [5.41, 5.74) is -0.693. The molecule has 0 rings (SSSR count). The second-order valence-electron chi connectivity index (χ2n) is 10.6. The first-order valence-corrected chi connectivity index (χ1v) is 12.6. The number of ether oxygens (including phenoxy) is 1. The molecule has 9 heteroatoms. The summed E-state index contributed by atoms with van der Waals surface area (Å²) in [7, 11) is 0. The van der Waals surface area contributed by atoms with Gasteiger partial charge in [-0.15, -0.1) is 0 Å². The number of aliphatic hydroxyl groups excluding tert-OH is 2. The van der Waals surface area contributed by atoms with Crippen molar-refractivity contribution in [3.8, 4) is 0 Å². The zero-order valence-electron chi connectivity index (χ0n) is 22.4. The van der Waals surface area contributed by atoms with E-state index in [9.17, 15) is 24.6 Å². The van der Waals surface area contributed by atoms with Crippen LogP contribution in [-0.4, -0.2) is 64.6 Å². The minimum atomic E-state index is -1.11. The third-order valence-electron chi connectivity index (χ3n) is 5.64. The van der Waals surface area contributed by atoms with Gasteiger partial charge in [-0.1, -0.05) is 53.9 Å². The molecule has 5 atom stereocenters. The van der Waals surface area contributed by atoms with Gasteiger partial charge >= 0.3 is 6.09 Å². The van der Waals surface area contributed by atoms with Crippen LogP contribution in [0.5, 0.6) is 0 Å². The molecule has 0 aromatic carbocycles. The van der Waals surface area contributed by atoms with Crippen LogP contribution in [0.15, 0.2) is 0 Å². The number of hydrogen-bond donors (Lipinski definition) is 5. The molecular weight excluding hydrogens is 438 g/mol. The molecule has 0 fully saturated rings. The first-order chi connectivity index (χ1) is 15.7. The van der Waals surface area contributed by atoms with Crippen molar-refractivity contribution in [3.05, 3.63) is 0 Å². The van der Waals surface area contributed by atoms with Crippen molar-refractivity contribution in [2.45, 2.75) is 124 Å². The lowest BCUT2D eigenvalue weighted by molar-refractivity contribution is -0.128. The molecule has 0 saturated carbocycles. The van der Waals surface area contributed by atoms with Gasteiger partial charge in [0.25, 0.3) is 0 Å². The van der Waals surface area contributed by atoms with E-state index in [0.717, 1.165) is 19.3 Å². The summed E-state index contributed by atoms with van der Waals surface area (Å²) in [6.45, 7) is 14.9. The normalized spacial score (nSPS) is 16.2. The molecule has 0 aromatic heterocycles. The quantitative estimate of drug-likeness (QED) is 0.241. The van der Waals surface area contributed by atoms with Crippen LogP contribution in [0.1, 0.15) is 93.9 Å². The molecule has 34 heavy (non-hydrogen) atoms. The molecular formula is C25H49N3O6. The number of rotatable bonds is 15. The predicted octanol–water partition coefficient (Wildman–Crippen LogP) is 2.88. The molecule has 5 N–H and O–H groups in total. The molecule has 0 saturated heterocycles. The van der Waals surface area contributed by atoms with Crippen LogP contribution in [-0.2, 0) is 14.3 Å². The fraction of sp³-hybridized carbons (Fsp3) is 0.880. The van der Waals surface area contributed by atoms with Crippen LogP contribution in [0.2, 0.25) is 0 Å². The zero-order chi connectivity index (χ0) is 26.5. The van der Waals surface area contributed by atoms with Gasteiger partial charge in [0, 0.05) is 0 Å². The van der Waals surface area contributed by atoms with Crippen molar-refractivity contribution < 1.29 is 29.3 Å². The summed E-state index contributed by atoms with van der Waals surface area (Å²) in [6, 6.07) is -1.87. The van der Waals surface area contributed by atoms with Crippen molar-refractivity contribution in [1.29, 1.82) is 0 Å². The van der Waals surface area contributed by atoms with E-state index in [1.165, 1.54) is 0 Å². The minimum absolute atomic E-state index is 0.0931. The molecule has 0 radical (unpaired) electrons. The van der Waals surface area contributed by atoms with E-state index in [1.807, 2.05) is 34.6 Å². The van der Waals surface area contributed by atoms with E-state index < -0.39 is 35.8 Å². The second kappa shape index (κ2) is 15.9. The van der Waals surface area contributed by atoms with Gasteiger partial charge in [0.1, 0.15) is 11.6 Å². The third kappa shape index (κ3) is 13.7. The number of nitrogens with one attached hydrogen (secondary N) is 3. The lowest BCUT2D eigenvalue weighted by atomic mass is 9.95. The lowest BCUT2D eigenvalue weighted by Gasteiger charge is -2.29. The average Bonchev–Trinajstić information content (AvgIpc) is 2.71. The second-order valence-corrected chi connectivity index (χ2v) is 10.6. The Morgan fingerprint density at radius 1 is 0.971 bits per heavy atom. The topological polar surface area (TPSA) is 137 Å². The zero-order valence-corrected chi connectivity index (χ0v) is 22.4. The van der Waals surface area contributed by atoms with Crippen LogP contribution >= 0.6 is 0 Å². The number of aliphatic hydroxyl groups is 2. The molecule has 0 bridgehead atoms. The standard InChI is InChI=1S/C25H49N3O6/c1-9-11-12-18(28-24(33)34-25(6,7)8)23(32)27-19(13-16(3)4)21(30)14-22(31)26-20(15-29)17(5)10-2/h16-21,29-30H,9-15H2,1-8H3,(H,26,31)(H,27,32)(H,28,33)/t17?,18-,19?,20+,21?/m0/s1. The van der Waals surface area contributed by atoms with Gasteiger partial charge in [-0.25, -0.2) is 4.79 Å². The highest BCUT2D eigenvalue weighted by Gasteiger charge is 2.30. The Balaban J connectivity index is 5.31. The van der Waals surface area contributed by atoms with Crippen molar-refractivity contribution in [2.24, 2.45) is 11.8 Å². The Hall–Kier alpha value is -1.87. The third-order valence-corrected chi connectivity index (χ3v) is 5.64. The van der Waals surface area contributed by atoms with E-state index in [-0.39, 0.29) is 36.8 Å². The number of carbonyl (C=O) groups is 3. The van der Waals surface area contributed by atoms with Gasteiger partial charge in [0.2, 0.25) is 11.8 Å². The first-order valence-electron chi connectivity index (χ1n) is 12.6. The summed E-state index contributed by atoms with van der Waals surface area (Å²) in [5, 5.41) is 28.6. The summed E-state index contributed by atoms with van der Waals surface area (Å²) in [5.74, 6) is -0.557. The Bertz CT molecular complexity index is 620. The molecule has 0 spiro atoms. The highest BCUT2D eigenvalue weighted by molar-refractivity contribution is 5.86. The molecule has 0 aliphatic rings. The fourth-order valence-corrected chi connectivity index (χ4v) is 3.48. The van der Waals surface area contributed by atoms with Crippen LogP contribution in [0.25, 0.3) is 0 Å². The van der Waals surface area contributed by atoms with E-state index in [1.54, 1.807) is 20.8 Å². The highest BCUT2D eigenvalue weighted by atomic mass is 16.6. The van der Waals surface area contributed by atoms with Gasteiger partial charge in [-0.3, -0.25) is 9.59 Å². The van der Waals surface area contributed by atoms with Gasteiger partial charge in [-0.2, -0.15) is 0 Å². The summed E-state index contributed by atoms with van der Waals surface area (Å²) < 4.78 is 5.29. The summed E-state index contributed by atoms with van der Waals surface area (Å²) >= 11 is 0. The van der Waals surface area contributed by atoms with Crippen molar-refractivity contribution in [2.75, 3.05) is 6.61 Å². The summed E-state index contributed by atoms with van der Waals surface area (Å²) in [4.78, 5) is 37.8. The van der Waals surface area contributed by atoms with Gasteiger partial charge in [-0.05, 0) is 45.4 Å². The molecule has 0 aliphatic heterocycles. The monoisotopic (exact) mass is 487 g/mol. The first kappa shape index (κ1) is 32.1. The van der Waals surface area contributed by atoms with Crippen molar-refractivity contribution in [3.63, 3.8) is 0 Å². The minimum Gasteiger partial charge on any atom is -0.444 e. The fourth-order valence-electron chi connectivity index (χ4n) is 3.48. The van der Waals surface area contributed by atoms with Crippen molar-refractivity contribution in [1.82, 2.24) is 16.0 Å². The van der Waals surface area contributed by atoms with Crippen LogP contribution in [0.4, 0.5) is 4.79 Å². The molecule has 3 amide bonds. The van der Waals surface area contributed by atoms with Crippen LogP contribution in [0.3, 0.4) is 0 Å². The van der Waals surface area contributed by atoms with E-state index >= 15 is 0 Å². The van der Waals surface area contributed by atoms with Gasteiger partial charge < -0.3 is 30.9 Å². The summed E-state index contributed by atoms with van der Waals surface area (Å²) in [6.07, 6.45) is 1.27. The smallest absolute Gasteiger partial charge is 0.408 e. The van der Waals surface area contributed by atoms with Gasteiger partial charge in [0.15, 0.2) is 0 Å². The predicted molar refractivity (Wildman–Crippen MR) is 133 cm³/mol. The van der Waals surface area contributed by atoms with E-state index in [0.29, 0.717) is 12.8 Å². The maximum atomic E-state index is 13.1. The van der Waals surface area contributed by atoms with Gasteiger partial charge in [0.05, 0.1) is 31.2 Å².